The first kappa shape index (κ1) is 15.2. The predicted octanol–water partition coefficient (Wildman–Crippen LogP) is 3.13. The van der Waals surface area contributed by atoms with Crippen LogP contribution in [-0.4, -0.2) is 17.9 Å². The molecule has 1 unspecified atom stereocenters. The van der Waals surface area contributed by atoms with Gasteiger partial charge in [-0.15, -0.1) is 0 Å². The summed E-state index contributed by atoms with van der Waals surface area (Å²) in [7, 11) is 0. The highest BCUT2D eigenvalue weighted by atomic mass is 19.1. The second-order valence-corrected chi connectivity index (χ2v) is 5.68. The van der Waals surface area contributed by atoms with Gasteiger partial charge in [-0.3, -0.25) is 9.59 Å². The van der Waals surface area contributed by atoms with E-state index in [1.165, 1.54) is 24.3 Å². The van der Waals surface area contributed by atoms with Gasteiger partial charge in [0.15, 0.2) is 0 Å². The van der Waals surface area contributed by atoms with Crippen LogP contribution in [0.5, 0.6) is 0 Å². The van der Waals surface area contributed by atoms with Gasteiger partial charge in [-0.2, -0.15) is 0 Å². The lowest BCUT2D eigenvalue weighted by Crippen LogP contribution is -2.37. The van der Waals surface area contributed by atoms with Gasteiger partial charge in [0.05, 0.1) is 0 Å². The van der Waals surface area contributed by atoms with Gasteiger partial charge in [0.25, 0.3) is 0 Å². The van der Waals surface area contributed by atoms with Crippen LogP contribution in [0.15, 0.2) is 48.5 Å². The Morgan fingerprint density at radius 2 is 1.87 bits per heavy atom. The Morgan fingerprint density at radius 3 is 2.61 bits per heavy atom. The third-order valence-corrected chi connectivity index (χ3v) is 3.92. The summed E-state index contributed by atoms with van der Waals surface area (Å²) in [5.41, 5.74) is 2.46. The number of hydrogen-bond donors (Lipinski definition) is 1. The molecule has 1 N–H and O–H groups in total. The third-order valence-electron chi connectivity index (χ3n) is 3.92. The van der Waals surface area contributed by atoms with Crippen molar-refractivity contribution in [1.29, 1.82) is 0 Å². The van der Waals surface area contributed by atoms with E-state index < -0.39 is 5.91 Å². The third kappa shape index (κ3) is 3.23. The maximum Gasteiger partial charge on any atom is 0.236 e. The van der Waals surface area contributed by atoms with E-state index in [2.05, 4.69) is 5.32 Å². The molecule has 1 aliphatic rings. The number of fused-ring (bicyclic) bond motifs is 1. The molecule has 1 aliphatic heterocycles. The zero-order valence-corrected chi connectivity index (χ0v) is 12.8. The number of amides is 2. The highest BCUT2D eigenvalue weighted by Crippen LogP contribution is 2.32. The van der Waals surface area contributed by atoms with Crippen LogP contribution in [0.4, 0.5) is 15.8 Å². The summed E-state index contributed by atoms with van der Waals surface area (Å²) in [4.78, 5) is 26.2. The molecule has 4 nitrogen and oxygen atoms in total. The molecule has 1 heterocycles. The van der Waals surface area contributed by atoms with Crippen molar-refractivity contribution in [1.82, 2.24) is 0 Å². The zero-order chi connectivity index (χ0) is 16.4. The average Bonchev–Trinajstić information content (AvgIpc) is 2.85. The van der Waals surface area contributed by atoms with Crippen LogP contribution < -0.4 is 10.2 Å². The van der Waals surface area contributed by atoms with E-state index in [9.17, 15) is 14.0 Å². The van der Waals surface area contributed by atoms with Gasteiger partial charge in [-0.25, -0.2) is 4.39 Å². The summed E-state index contributed by atoms with van der Waals surface area (Å²) in [6.45, 7) is 1.97. The smallest absolute Gasteiger partial charge is 0.236 e. The second-order valence-electron chi connectivity index (χ2n) is 5.68. The van der Waals surface area contributed by atoms with E-state index in [1.54, 1.807) is 4.90 Å². The monoisotopic (exact) mass is 312 g/mol. The molecule has 0 radical (unpaired) electrons. The number of anilines is 2. The highest BCUT2D eigenvalue weighted by Gasteiger charge is 2.31. The van der Waals surface area contributed by atoms with Crippen LogP contribution >= 0.6 is 0 Å². The number of hydrogen-bond acceptors (Lipinski definition) is 2. The summed E-state index contributed by atoms with van der Waals surface area (Å²) in [6.07, 6.45) is 0.553. The summed E-state index contributed by atoms with van der Waals surface area (Å²) < 4.78 is 12.8. The van der Waals surface area contributed by atoms with Crippen LogP contribution in [0, 0.1) is 5.82 Å². The molecule has 2 aromatic rings. The fourth-order valence-corrected chi connectivity index (χ4v) is 2.91. The van der Waals surface area contributed by atoms with Gasteiger partial charge < -0.3 is 10.2 Å². The van der Waals surface area contributed by atoms with Crippen LogP contribution in [-0.2, 0) is 16.0 Å². The minimum absolute atomic E-state index is 0.0403. The topological polar surface area (TPSA) is 49.4 Å². The van der Waals surface area contributed by atoms with Crippen molar-refractivity contribution in [3.63, 3.8) is 0 Å². The van der Waals surface area contributed by atoms with Gasteiger partial charge in [0.1, 0.15) is 12.2 Å². The molecule has 2 aromatic carbocycles. The van der Waals surface area contributed by atoms with E-state index in [-0.39, 0.29) is 24.2 Å². The molecule has 1 atom stereocenters. The fourth-order valence-electron chi connectivity index (χ4n) is 2.91. The molecule has 0 fully saturated rings. The summed E-state index contributed by atoms with van der Waals surface area (Å²) >= 11 is 0. The van der Waals surface area contributed by atoms with Crippen molar-refractivity contribution < 1.29 is 14.0 Å². The van der Waals surface area contributed by atoms with E-state index in [1.807, 2.05) is 31.2 Å². The van der Waals surface area contributed by atoms with Crippen LogP contribution in [0.2, 0.25) is 0 Å². The maximum atomic E-state index is 12.8. The fraction of sp³-hybridized carbons (Fsp3) is 0.222. The Kier molecular flexibility index (Phi) is 4.10. The number of para-hydroxylation sites is 1. The Labute approximate surface area is 133 Å². The Balaban J connectivity index is 1.67. The number of rotatable bonds is 3. The molecule has 0 spiro atoms. The normalized spacial score (nSPS) is 16.1. The Morgan fingerprint density at radius 1 is 1.17 bits per heavy atom. The lowest BCUT2D eigenvalue weighted by Gasteiger charge is -2.22. The molecule has 0 aliphatic carbocycles. The van der Waals surface area contributed by atoms with Crippen molar-refractivity contribution in [2.45, 2.75) is 25.8 Å². The quantitative estimate of drug-likeness (QED) is 0.885. The molecular formula is C18H17FN2O2. The van der Waals surface area contributed by atoms with Crippen molar-refractivity contribution >= 4 is 23.2 Å². The number of nitrogens with zero attached hydrogens (tertiary/aromatic N) is 1. The van der Waals surface area contributed by atoms with Crippen LogP contribution in [0.1, 0.15) is 18.9 Å². The van der Waals surface area contributed by atoms with Gasteiger partial charge in [-0.05, 0) is 49.2 Å². The Bertz CT molecular complexity index is 743. The first-order chi connectivity index (χ1) is 11.0. The highest BCUT2D eigenvalue weighted by molar-refractivity contribution is 6.10. The van der Waals surface area contributed by atoms with Crippen molar-refractivity contribution in [2.75, 3.05) is 10.2 Å². The van der Waals surface area contributed by atoms with E-state index >= 15 is 0 Å². The van der Waals surface area contributed by atoms with Crippen LogP contribution in [0.3, 0.4) is 0 Å². The van der Waals surface area contributed by atoms with Crippen LogP contribution in [0.25, 0.3) is 0 Å². The first-order valence-electron chi connectivity index (χ1n) is 7.50. The molecule has 5 heteroatoms. The van der Waals surface area contributed by atoms with Crippen molar-refractivity contribution in [3.05, 3.63) is 59.9 Å². The van der Waals surface area contributed by atoms with Gasteiger partial charge in [0.2, 0.25) is 11.8 Å². The molecule has 118 valence electrons. The molecule has 3 rings (SSSR count). The molecule has 0 bridgehead atoms. The lowest BCUT2D eigenvalue weighted by molar-refractivity contribution is -0.125. The minimum Gasteiger partial charge on any atom is -0.326 e. The summed E-state index contributed by atoms with van der Waals surface area (Å²) in [6, 6.07) is 13.2. The zero-order valence-electron chi connectivity index (χ0n) is 12.8. The minimum atomic E-state index is -0.404. The number of halogens is 1. The van der Waals surface area contributed by atoms with Gasteiger partial charge in [-0.1, -0.05) is 18.2 Å². The SMILES string of the molecule is CC1Cc2ccccc2N1C(=O)CC(=O)Nc1ccc(F)cc1. The maximum absolute atomic E-state index is 12.8. The van der Waals surface area contributed by atoms with E-state index in [0.29, 0.717) is 5.69 Å². The number of carbonyl (C=O) groups is 2. The molecule has 23 heavy (non-hydrogen) atoms. The van der Waals surface area contributed by atoms with E-state index in [0.717, 1.165) is 17.7 Å². The van der Waals surface area contributed by atoms with Crippen molar-refractivity contribution in [2.24, 2.45) is 0 Å². The van der Waals surface area contributed by atoms with E-state index in [4.69, 9.17) is 0 Å². The Hall–Kier alpha value is -2.69. The molecule has 0 aromatic heterocycles. The molecule has 0 saturated carbocycles. The first-order valence-corrected chi connectivity index (χ1v) is 7.50. The van der Waals surface area contributed by atoms with Crippen molar-refractivity contribution in [3.8, 4) is 0 Å². The number of carbonyl (C=O) groups excluding carboxylic acids is 2. The molecular weight excluding hydrogens is 295 g/mol. The number of nitrogens with one attached hydrogen (secondary N) is 1. The lowest BCUT2D eigenvalue weighted by atomic mass is 10.1. The largest absolute Gasteiger partial charge is 0.326 e. The second kappa shape index (κ2) is 6.20. The van der Waals surface area contributed by atoms with Gasteiger partial charge >= 0.3 is 0 Å². The van der Waals surface area contributed by atoms with Gasteiger partial charge in [0, 0.05) is 17.4 Å². The summed E-state index contributed by atoms with van der Waals surface area (Å²) in [5, 5.41) is 2.61. The molecule has 2 amide bonds. The average molecular weight is 312 g/mol. The summed E-state index contributed by atoms with van der Waals surface area (Å²) in [5.74, 6) is -1.01. The number of benzene rings is 2. The standard InChI is InChI=1S/C18H17FN2O2/c1-12-10-13-4-2-3-5-16(13)21(12)18(23)11-17(22)20-15-8-6-14(19)7-9-15/h2-9,12H,10-11H2,1H3,(H,20,22). The predicted molar refractivity (Wildman–Crippen MR) is 86.7 cm³/mol. The molecule has 0 saturated heterocycles.